The van der Waals surface area contributed by atoms with Crippen LogP contribution in [0.1, 0.15) is 57.6 Å². The second-order valence-corrected chi connectivity index (χ2v) is 7.30. The molecule has 0 atom stereocenters. The van der Waals surface area contributed by atoms with E-state index in [4.69, 9.17) is 4.42 Å². The fraction of sp³-hybridized carbons (Fsp3) is 0.500. The van der Waals surface area contributed by atoms with E-state index in [1.807, 2.05) is 17.9 Å². The van der Waals surface area contributed by atoms with Gasteiger partial charge in [-0.2, -0.15) is 0 Å². The second kappa shape index (κ2) is 6.67. The molecule has 2 aromatic rings. The Hall–Kier alpha value is -2.50. The number of furan rings is 1. The van der Waals surface area contributed by atoms with Gasteiger partial charge in [-0.15, -0.1) is 0 Å². The van der Waals surface area contributed by atoms with Crippen LogP contribution < -0.4 is 0 Å². The first-order valence-corrected chi connectivity index (χ1v) is 9.36. The van der Waals surface area contributed by atoms with E-state index in [-0.39, 0.29) is 11.8 Å². The van der Waals surface area contributed by atoms with Gasteiger partial charge in [-0.3, -0.25) is 9.59 Å². The summed E-state index contributed by atoms with van der Waals surface area (Å²) in [6.45, 7) is 6.53. The van der Waals surface area contributed by atoms with Crippen LogP contribution in [0.2, 0.25) is 0 Å². The van der Waals surface area contributed by atoms with Gasteiger partial charge in [0.2, 0.25) is 0 Å². The van der Waals surface area contributed by atoms with E-state index in [0.717, 1.165) is 23.4 Å². The van der Waals surface area contributed by atoms with Crippen molar-refractivity contribution in [3.63, 3.8) is 0 Å². The lowest BCUT2D eigenvalue weighted by Crippen LogP contribution is -2.37. The van der Waals surface area contributed by atoms with Gasteiger partial charge in [0.1, 0.15) is 0 Å². The SMILES string of the molecule is Cc1cc(C(=O)N2CCCN(C(=O)c3ccco3)CC2)c(C)n1C1CC1. The van der Waals surface area contributed by atoms with Crippen LogP contribution in [0.15, 0.2) is 28.9 Å². The average Bonchev–Trinajstić information content (AvgIpc) is 3.29. The number of rotatable bonds is 3. The van der Waals surface area contributed by atoms with Crippen LogP contribution in [-0.4, -0.2) is 52.4 Å². The molecule has 6 heteroatoms. The van der Waals surface area contributed by atoms with Gasteiger partial charge in [0, 0.05) is 43.6 Å². The number of carbonyl (C=O) groups is 2. The van der Waals surface area contributed by atoms with E-state index in [1.165, 1.54) is 19.1 Å². The molecule has 0 unspecified atom stereocenters. The maximum absolute atomic E-state index is 13.1. The molecule has 138 valence electrons. The van der Waals surface area contributed by atoms with Gasteiger partial charge >= 0.3 is 0 Å². The minimum Gasteiger partial charge on any atom is -0.459 e. The van der Waals surface area contributed by atoms with Gasteiger partial charge in [-0.1, -0.05) is 0 Å². The Morgan fingerprint density at radius 2 is 1.73 bits per heavy atom. The minimum atomic E-state index is -0.101. The van der Waals surface area contributed by atoms with E-state index < -0.39 is 0 Å². The van der Waals surface area contributed by atoms with Crippen molar-refractivity contribution in [3.8, 4) is 0 Å². The van der Waals surface area contributed by atoms with Crippen LogP contribution in [0, 0.1) is 13.8 Å². The molecule has 0 radical (unpaired) electrons. The van der Waals surface area contributed by atoms with Gasteiger partial charge in [-0.25, -0.2) is 0 Å². The Balaban J connectivity index is 1.46. The smallest absolute Gasteiger partial charge is 0.289 e. The number of aromatic nitrogens is 1. The Bertz CT molecular complexity index is 818. The average molecular weight is 355 g/mol. The number of hydrogen-bond acceptors (Lipinski definition) is 3. The number of hydrogen-bond donors (Lipinski definition) is 0. The van der Waals surface area contributed by atoms with E-state index in [1.54, 1.807) is 17.0 Å². The van der Waals surface area contributed by atoms with E-state index in [9.17, 15) is 9.59 Å². The van der Waals surface area contributed by atoms with Crippen molar-refractivity contribution in [3.05, 3.63) is 47.2 Å². The standard InChI is InChI=1S/C20H25N3O3/c1-14-13-17(15(2)23(14)16-6-7-16)19(24)21-8-4-9-22(11-10-21)20(25)18-5-3-12-26-18/h3,5,12-13,16H,4,6-11H2,1-2H3. The van der Waals surface area contributed by atoms with Crippen LogP contribution in [0.4, 0.5) is 0 Å². The Morgan fingerprint density at radius 1 is 1.04 bits per heavy atom. The molecule has 1 aliphatic heterocycles. The quantitative estimate of drug-likeness (QED) is 0.850. The minimum absolute atomic E-state index is 0.0808. The molecule has 1 aliphatic carbocycles. The highest BCUT2D eigenvalue weighted by Crippen LogP contribution is 2.38. The zero-order valence-corrected chi connectivity index (χ0v) is 15.4. The molecule has 2 fully saturated rings. The molecule has 0 N–H and O–H groups in total. The third-order valence-electron chi connectivity index (χ3n) is 5.43. The Labute approximate surface area is 153 Å². The van der Waals surface area contributed by atoms with Crippen LogP contribution >= 0.6 is 0 Å². The fourth-order valence-corrected chi connectivity index (χ4v) is 3.94. The maximum atomic E-state index is 13.1. The van der Waals surface area contributed by atoms with Gasteiger partial charge in [-0.05, 0) is 51.3 Å². The summed E-state index contributed by atoms with van der Waals surface area (Å²) in [5.74, 6) is 0.339. The van der Waals surface area contributed by atoms with Gasteiger partial charge in [0.05, 0.1) is 11.8 Å². The molecule has 1 saturated heterocycles. The van der Waals surface area contributed by atoms with Crippen molar-refractivity contribution < 1.29 is 14.0 Å². The molecule has 3 heterocycles. The van der Waals surface area contributed by atoms with Crippen molar-refractivity contribution >= 4 is 11.8 Å². The third kappa shape index (κ3) is 3.04. The van der Waals surface area contributed by atoms with Crippen LogP contribution in [0.3, 0.4) is 0 Å². The summed E-state index contributed by atoms with van der Waals surface area (Å²) in [7, 11) is 0. The molecule has 2 aromatic heterocycles. The third-order valence-corrected chi connectivity index (χ3v) is 5.43. The maximum Gasteiger partial charge on any atom is 0.289 e. The summed E-state index contributed by atoms with van der Waals surface area (Å²) in [5, 5.41) is 0. The molecular formula is C20H25N3O3. The molecule has 0 aromatic carbocycles. The first-order valence-electron chi connectivity index (χ1n) is 9.36. The Kier molecular flexibility index (Phi) is 4.34. The molecule has 0 bridgehead atoms. The van der Waals surface area contributed by atoms with E-state index in [0.29, 0.717) is 38.0 Å². The summed E-state index contributed by atoms with van der Waals surface area (Å²) >= 11 is 0. The zero-order chi connectivity index (χ0) is 18.3. The number of amides is 2. The predicted octanol–water partition coefficient (Wildman–Crippen LogP) is 3.02. The molecule has 2 amide bonds. The summed E-state index contributed by atoms with van der Waals surface area (Å²) < 4.78 is 7.52. The first-order chi connectivity index (χ1) is 12.6. The van der Waals surface area contributed by atoms with Crippen molar-refractivity contribution in [1.82, 2.24) is 14.4 Å². The predicted molar refractivity (Wildman–Crippen MR) is 97.3 cm³/mol. The highest BCUT2D eigenvalue weighted by Gasteiger charge is 2.30. The lowest BCUT2D eigenvalue weighted by atomic mass is 10.2. The molecule has 2 aliphatic rings. The van der Waals surface area contributed by atoms with Crippen molar-refractivity contribution in [2.45, 2.75) is 39.2 Å². The largest absolute Gasteiger partial charge is 0.459 e. The van der Waals surface area contributed by atoms with Crippen molar-refractivity contribution in [1.29, 1.82) is 0 Å². The summed E-state index contributed by atoms with van der Waals surface area (Å²) in [6, 6.07) is 5.99. The van der Waals surface area contributed by atoms with E-state index in [2.05, 4.69) is 11.5 Å². The van der Waals surface area contributed by atoms with Crippen molar-refractivity contribution in [2.24, 2.45) is 0 Å². The van der Waals surface area contributed by atoms with E-state index >= 15 is 0 Å². The van der Waals surface area contributed by atoms with Gasteiger partial charge < -0.3 is 18.8 Å². The lowest BCUT2D eigenvalue weighted by molar-refractivity contribution is 0.0700. The van der Waals surface area contributed by atoms with Gasteiger partial charge in [0.15, 0.2) is 5.76 Å². The zero-order valence-electron chi connectivity index (χ0n) is 15.4. The second-order valence-electron chi connectivity index (χ2n) is 7.30. The Morgan fingerprint density at radius 3 is 2.35 bits per heavy atom. The summed E-state index contributed by atoms with van der Waals surface area (Å²) in [5.41, 5.74) is 3.04. The highest BCUT2D eigenvalue weighted by atomic mass is 16.3. The molecule has 1 saturated carbocycles. The molecular weight excluding hydrogens is 330 g/mol. The number of aryl methyl sites for hydroxylation is 1. The summed E-state index contributed by atoms with van der Waals surface area (Å²) in [4.78, 5) is 29.2. The summed E-state index contributed by atoms with van der Waals surface area (Å²) in [6.07, 6.45) is 4.70. The van der Waals surface area contributed by atoms with Crippen LogP contribution in [-0.2, 0) is 0 Å². The fourth-order valence-electron chi connectivity index (χ4n) is 3.94. The number of nitrogens with zero attached hydrogens (tertiary/aromatic N) is 3. The van der Waals surface area contributed by atoms with Gasteiger partial charge in [0.25, 0.3) is 11.8 Å². The number of carbonyl (C=O) groups excluding carboxylic acids is 2. The monoisotopic (exact) mass is 355 g/mol. The lowest BCUT2D eigenvalue weighted by Gasteiger charge is -2.22. The van der Waals surface area contributed by atoms with Crippen LogP contribution in [0.5, 0.6) is 0 Å². The first kappa shape index (κ1) is 16.9. The molecule has 26 heavy (non-hydrogen) atoms. The van der Waals surface area contributed by atoms with Crippen molar-refractivity contribution in [2.75, 3.05) is 26.2 Å². The molecule has 6 nitrogen and oxygen atoms in total. The molecule has 0 spiro atoms. The highest BCUT2D eigenvalue weighted by molar-refractivity contribution is 5.96. The molecule has 4 rings (SSSR count). The van der Waals surface area contributed by atoms with Crippen LogP contribution in [0.25, 0.3) is 0 Å². The topological polar surface area (TPSA) is 58.7 Å². The normalized spacial score (nSPS) is 18.1.